The minimum Gasteiger partial charge on any atom is -0.306 e. The molecule has 6 nitrogen and oxygen atoms in total. The van der Waals surface area contributed by atoms with Gasteiger partial charge in [-0.2, -0.15) is 4.31 Å². The van der Waals surface area contributed by atoms with Gasteiger partial charge in [0.15, 0.2) is 9.84 Å². The van der Waals surface area contributed by atoms with E-state index in [0.717, 1.165) is 45.0 Å². The number of rotatable bonds is 5. The number of sulfone groups is 1. The number of benzene rings is 1. The smallest absolute Gasteiger partial charge is 0.244 e. The van der Waals surface area contributed by atoms with Crippen molar-refractivity contribution < 1.29 is 16.8 Å². The van der Waals surface area contributed by atoms with Gasteiger partial charge in [-0.15, -0.1) is 0 Å². The summed E-state index contributed by atoms with van der Waals surface area (Å²) in [6.07, 6.45) is 4.33. The molecular formula is C16H24N2O4S2. The van der Waals surface area contributed by atoms with Crippen molar-refractivity contribution >= 4 is 19.9 Å². The van der Waals surface area contributed by atoms with E-state index in [9.17, 15) is 16.8 Å². The van der Waals surface area contributed by atoms with E-state index in [1.807, 2.05) is 7.05 Å². The first-order valence-electron chi connectivity index (χ1n) is 8.22. The average molecular weight is 373 g/mol. The van der Waals surface area contributed by atoms with Gasteiger partial charge < -0.3 is 4.90 Å². The lowest BCUT2D eigenvalue weighted by molar-refractivity contribution is 0.178. The van der Waals surface area contributed by atoms with Gasteiger partial charge in [-0.3, -0.25) is 0 Å². The van der Waals surface area contributed by atoms with Crippen molar-refractivity contribution in [3.05, 3.63) is 24.3 Å². The van der Waals surface area contributed by atoms with Gasteiger partial charge in [-0.1, -0.05) is 12.1 Å². The molecular weight excluding hydrogens is 348 g/mol. The highest BCUT2D eigenvalue weighted by Gasteiger charge is 2.44. The quantitative estimate of drug-likeness (QED) is 0.780. The van der Waals surface area contributed by atoms with Crippen molar-refractivity contribution in [2.45, 2.75) is 47.6 Å². The Morgan fingerprint density at radius 2 is 1.42 bits per heavy atom. The zero-order valence-electron chi connectivity index (χ0n) is 14.1. The Labute approximate surface area is 144 Å². The molecule has 0 aromatic heterocycles. The fourth-order valence-electron chi connectivity index (χ4n) is 3.35. The summed E-state index contributed by atoms with van der Waals surface area (Å²) < 4.78 is 52.3. The van der Waals surface area contributed by atoms with Crippen LogP contribution in [-0.2, 0) is 19.9 Å². The Morgan fingerprint density at radius 1 is 0.917 bits per heavy atom. The number of sulfonamides is 1. The average Bonchev–Trinajstić information content (AvgIpc) is 3.33. The fraction of sp³-hybridized carbons (Fsp3) is 0.625. The van der Waals surface area contributed by atoms with E-state index in [4.69, 9.17) is 0 Å². The topological polar surface area (TPSA) is 74.8 Å². The molecule has 2 fully saturated rings. The number of hydrogen-bond acceptors (Lipinski definition) is 5. The molecule has 1 aromatic rings. The van der Waals surface area contributed by atoms with Crippen molar-refractivity contribution in [1.82, 2.24) is 9.21 Å². The molecule has 0 atom stereocenters. The van der Waals surface area contributed by atoms with Gasteiger partial charge >= 0.3 is 0 Å². The summed E-state index contributed by atoms with van der Waals surface area (Å²) in [5.41, 5.74) is 0. The minimum atomic E-state index is -3.83. The first kappa shape index (κ1) is 17.8. The van der Waals surface area contributed by atoms with Crippen LogP contribution in [-0.4, -0.2) is 64.5 Å². The molecule has 1 aromatic carbocycles. The molecule has 2 aliphatic rings. The lowest BCUT2D eigenvalue weighted by Gasteiger charge is -2.36. The van der Waals surface area contributed by atoms with Crippen LogP contribution >= 0.6 is 0 Å². The summed E-state index contributed by atoms with van der Waals surface area (Å²) in [6.45, 7) is 1.72. The molecule has 0 amide bonds. The predicted octanol–water partition coefficient (Wildman–Crippen LogP) is 1.34. The molecule has 1 saturated carbocycles. The van der Waals surface area contributed by atoms with E-state index in [0.29, 0.717) is 0 Å². The summed E-state index contributed by atoms with van der Waals surface area (Å²) in [6, 6.07) is 5.90. The molecule has 24 heavy (non-hydrogen) atoms. The number of likely N-dealkylation sites (tertiary alicyclic amines) is 1. The molecule has 1 aliphatic heterocycles. The minimum absolute atomic E-state index is 0.0102. The first-order chi connectivity index (χ1) is 11.2. The molecule has 0 radical (unpaired) electrons. The summed E-state index contributed by atoms with van der Waals surface area (Å²) in [7, 11) is -5.41. The van der Waals surface area contributed by atoms with Gasteiger partial charge in [0.05, 0.1) is 4.90 Å². The van der Waals surface area contributed by atoms with Gasteiger partial charge in [-0.25, -0.2) is 16.8 Å². The molecule has 0 bridgehead atoms. The maximum Gasteiger partial charge on any atom is 0.244 e. The monoisotopic (exact) mass is 372 g/mol. The fourth-order valence-corrected chi connectivity index (χ4v) is 6.89. The van der Waals surface area contributed by atoms with Crippen molar-refractivity contribution in [3.63, 3.8) is 0 Å². The zero-order valence-corrected chi connectivity index (χ0v) is 15.7. The Morgan fingerprint density at radius 3 is 1.92 bits per heavy atom. The van der Waals surface area contributed by atoms with Crippen LogP contribution in [0.5, 0.6) is 0 Å². The Hall–Kier alpha value is -0.960. The van der Waals surface area contributed by atoms with Gasteiger partial charge in [-0.05, 0) is 58.0 Å². The third-order valence-electron chi connectivity index (χ3n) is 4.76. The zero-order chi connectivity index (χ0) is 17.5. The van der Waals surface area contributed by atoms with Crippen LogP contribution in [0.2, 0.25) is 0 Å². The van der Waals surface area contributed by atoms with Gasteiger partial charge in [0.1, 0.15) is 4.90 Å². The van der Waals surface area contributed by atoms with Crippen LogP contribution in [0.25, 0.3) is 0 Å². The molecule has 0 unspecified atom stereocenters. The van der Waals surface area contributed by atoms with Crippen LogP contribution in [0.1, 0.15) is 25.7 Å². The molecule has 1 heterocycles. The lowest BCUT2D eigenvalue weighted by Crippen LogP contribution is -2.47. The van der Waals surface area contributed by atoms with Gasteiger partial charge in [0, 0.05) is 18.3 Å². The molecule has 0 spiro atoms. The molecule has 8 heteroatoms. The Balaban J connectivity index is 2.02. The van der Waals surface area contributed by atoms with Crippen LogP contribution in [0.3, 0.4) is 0 Å². The van der Waals surface area contributed by atoms with Gasteiger partial charge in [0.25, 0.3) is 0 Å². The Bertz CT molecular complexity index is 808. The third-order valence-corrected chi connectivity index (χ3v) is 8.11. The molecule has 1 aliphatic carbocycles. The summed E-state index contributed by atoms with van der Waals surface area (Å²) in [5.74, 6) is 0. The standard InChI is InChI=1S/C16H24N2O4S2/c1-17-11-9-14(10-12-17)18(13-7-8-13)24(21,22)16-6-4-3-5-15(16)23(2,19)20/h3-6,13-14H,7-12H2,1-2H3. The molecule has 134 valence electrons. The maximum atomic E-state index is 13.3. The molecule has 3 rings (SSSR count). The van der Waals surface area contributed by atoms with E-state index in [-0.39, 0.29) is 21.9 Å². The van der Waals surface area contributed by atoms with E-state index < -0.39 is 19.9 Å². The second-order valence-corrected chi connectivity index (χ2v) is 10.6. The third kappa shape index (κ3) is 3.51. The predicted molar refractivity (Wildman–Crippen MR) is 92.1 cm³/mol. The number of hydrogen-bond donors (Lipinski definition) is 0. The SMILES string of the molecule is CN1CCC(N(C2CC2)S(=O)(=O)c2ccccc2S(C)(=O)=O)CC1. The van der Waals surface area contributed by atoms with Crippen LogP contribution in [0.15, 0.2) is 34.1 Å². The van der Waals surface area contributed by atoms with Crippen LogP contribution in [0.4, 0.5) is 0 Å². The van der Waals surface area contributed by atoms with Crippen LogP contribution < -0.4 is 0 Å². The summed E-state index contributed by atoms with van der Waals surface area (Å²) in [4.78, 5) is 2.00. The van der Waals surface area contributed by atoms with Crippen molar-refractivity contribution in [3.8, 4) is 0 Å². The van der Waals surface area contributed by atoms with Crippen LogP contribution in [0, 0.1) is 0 Å². The molecule has 0 N–H and O–H groups in total. The number of nitrogens with zero attached hydrogens (tertiary/aromatic N) is 2. The summed E-state index contributed by atoms with van der Waals surface area (Å²) in [5, 5.41) is 0. The van der Waals surface area contributed by atoms with Crippen molar-refractivity contribution in [2.24, 2.45) is 0 Å². The highest BCUT2D eigenvalue weighted by molar-refractivity contribution is 7.93. The first-order valence-corrected chi connectivity index (χ1v) is 11.6. The largest absolute Gasteiger partial charge is 0.306 e. The van der Waals surface area contributed by atoms with E-state index >= 15 is 0 Å². The van der Waals surface area contributed by atoms with E-state index in [1.165, 1.54) is 12.1 Å². The highest BCUT2D eigenvalue weighted by Crippen LogP contribution is 2.37. The lowest BCUT2D eigenvalue weighted by atomic mass is 10.1. The Kier molecular flexibility index (Phi) is 4.76. The van der Waals surface area contributed by atoms with E-state index in [1.54, 1.807) is 16.4 Å². The highest BCUT2D eigenvalue weighted by atomic mass is 32.2. The van der Waals surface area contributed by atoms with Crippen molar-refractivity contribution in [2.75, 3.05) is 26.4 Å². The molecule has 1 saturated heterocycles. The number of piperidine rings is 1. The van der Waals surface area contributed by atoms with Crippen molar-refractivity contribution in [1.29, 1.82) is 0 Å². The summed E-state index contributed by atoms with van der Waals surface area (Å²) >= 11 is 0. The normalized spacial score (nSPS) is 21.3. The second kappa shape index (κ2) is 6.40. The second-order valence-electron chi connectivity index (χ2n) is 6.82. The van der Waals surface area contributed by atoms with Gasteiger partial charge in [0.2, 0.25) is 10.0 Å². The maximum absolute atomic E-state index is 13.3. The van der Waals surface area contributed by atoms with E-state index in [2.05, 4.69) is 4.90 Å².